The molecule has 0 spiro atoms. The fourth-order valence-corrected chi connectivity index (χ4v) is 11.1. The average molecular weight is 639 g/mol. The molecular formula is C28H35F5N2O5S2. The minimum Gasteiger partial charge on any atom is -0.490 e. The predicted molar refractivity (Wildman–Crippen MR) is 147 cm³/mol. The smallest absolute Gasteiger partial charge is 0.416 e. The van der Waals surface area contributed by atoms with Crippen molar-refractivity contribution in [1.82, 2.24) is 9.62 Å². The molecule has 0 amide bonds. The van der Waals surface area contributed by atoms with Gasteiger partial charge in [-0.1, -0.05) is 7.43 Å². The van der Waals surface area contributed by atoms with Crippen molar-refractivity contribution in [3.63, 3.8) is 0 Å². The van der Waals surface area contributed by atoms with Crippen LogP contribution in [-0.2, 0) is 30.8 Å². The zero-order valence-electron chi connectivity index (χ0n) is 22.4. The summed E-state index contributed by atoms with van der Waals surface area (Å²) in [5.41, 5.74) is -1.55. The molecule has 0 aromatic heterocycles. The topological polar surface area (TPSA) is 92.8 Å². The third kappa shape index (κ3) is 5.32. The summed E-state index contributed by atoms with van der Waals surface area (Å²) in [5.74, 6) is -4.14. The van der Waals surface area contributed by atoms with E-state index in [-0.39, 0.29) is 33.3 Å². The fraction of sp³-hybridized carbons (Fsp3) is 0.571. The SMILES string of the molecule is C.CN(C)CCC[C@@H]1C[C@@H]2[C@@H](CC[C@@]3(S(=O)(=O)c4ccc(C(F)(F)F)cc4)c4c(F)ccc(F)c4OC[C@@H]23)NS1(=O)=O. The zero-order chi connectivity index (χ0) is 30.0. The van der Waals surface area contributed by atoms with Gasteiger partial charge >= 0.3 is 6.18 Å². The van der Waals surface area contributed by atoms with Gasteiger partial charge in [-0.2, -0.15) is 13.2 Å². The molecule has 1 saturated carbocycles. The number of sulfonamides is 1. The number of fused-ring (bicyclic) bond motifs is 5. The lowest BCUT2D eigenvalue weighted by Gasteiger charge is -2.55. The van der Waals surface area contributed by atoms with Gasteiger partial charge in [0, 0.05) is 12.0 Å². The lowest BCUT2D eigenvalue weighted by molar-refractivity contribution is -0.137. The van der Waals surface area contributed by atoms with Crippen LogP contribution < -0.4 is 9.46 Å². The van der Waals surface area contributed by atoms with E-state index >= 15 is 4.39 Å². The highest BCUT2D eigenvalue weighted by molar-refractivity contribution is 7.92. The third-order valence-electron chi connectivity index (χ3n) is 8.74. The van der Waals surface area contributed by atoms with Gasteiger partial charge in [0.1, 0.15) is 10.6 Å². The molecule has 7 nitrogen and oxygen atoms in total. The van der Waals surface area contributed by atoms with Crippen LogP contribution in [0.4, 0.5) is 22.0 Å². The van der Waals surface area contributed by atoms with Crippen LogP contribution in [0.25, 0.3) is 0 Å². The molecule has 5 rings (SSSR count). The van der Waals surface area contributed by atoms with Gasteiger partial charge in [-0.3, -0.25) is 0 Å². The van der Waals surface area contributed by atoms with Crippen LogP contribution in [0.3, 0.4) is 0 Å². The Kier molecular flexibility index (Phi) is 8.80. The van der Waals surface area contributed by atoms with Crippen LogP contribution in [-0.4, -0.2) is 60.3 Å². The summed E-state index contributed by atoms with van der Waals surface area (Å²) >= 11 is 0. The lowest BCUT2D eigenvalue weighted by Crippen LogP contribution is -2.63. The van der Waals surface area contributed by atoms with E-state index < -0.39 is 87.3 Å². The summed E-state index contributed by atoms with van der Waals surface area (Å²) in [7, 11) is -4.68. The van der Waals surface area contributed by atoms with Gasteiger partial charge in [-0.05, 0) is 95.1 Å². The van der Waals surface area contributed by atoms with Crippen LogP contribution in [0.15, 0.2) is 41.3 Å². The molecule has 5 atom stereocenters. The molecule has 2 aliphatic heterocycles. The Hall–Kier alpha value is -2.29. The second-order valence-electron chi connectivity index (χ2n) is 11.3. The first-order valence-corrected chi connectivity index (χ1v) is 16.3. The number of rotatable bonds is 6. The van der Waals surface area contributed by atoms with Gasteiger partial charge in [0.05, 0.1) is 27.9 Å². The Morgan fingerprint density at radius 1 is 1.07 bits per heavy atom. The van der Waals surface area contributed by atoms with Crippen LogP contribution in [0.2, 0.25) is 0 Å². The third-order valence-corrected chi connectivity index (χ3v) is 13.2. The van der Waals surface area contributed by atoms with E-state index in [1.165, 1.54) is 0 Å². The van der Waals surface area contributed by atoms with Crippen LogP contribution in [0.1, 0.15) is 50.7 Å². The van der Waals surface area contributed by atoms with Crippen LogP contribution in [0, 0.1) is 23.5 Å². The molecule has 2 heterocycles. The zero-order valence-corrected chi connectivity index (χ0v) is 24.1. The molecule has 42 heavy (non-hydrogen) atoms. The molecule has 2 aromatic rings. The van der Waals surface area contributed by atoms with Gasteiger partial charge in [0.2, 0.25) is 10.0 Å². The number of halogens is 5. The van der Waals surface area contributed by atoms with E-state index in [2.05, 4.69) is 4.72 Å². The Bertz CT molecular complexity index is 1530. The molecule has 1 aliphatic carbocycles. The number of nitrogens with zero attached hydrogens (tertiary/aromatic N) is 1. The normalized spacial score (nSPS) is 28.6. The van der Waals surface area contributed by atoms with Gasteiger partial charge in [0.25, 0.3) is 0 Å². The van der Waals surface area contributed by atoms with Crippen molar-refractivity contribution in [3.05, 3.63) is 59.2 Å². The Balaban J connectivity index is 0.00000405. The minimum atomic E-state index is -4.71. The summed E-state index contributed by atoms with van der Waals surface area (Å²) < 4.78 is 132. The summed E-state index contributed by atoms with van der Waals surface area (Å²) in [5, 5.41) is -0.841. The standard InChI is InChI=1S/C27H31F5N2O5S2.CH4/c1-34(2)13-3-4-18-14-19-20-15-39-25-22(29)10-9-21(28)24(25)26(20,12-11-23(19)33-41(18,37)38)40(35,36)17-7-5-16(6-8-17)27(30,31)32;/h5-10,18-20,23,33H,3-4,11-15H2,1-2H3;1H4/t18-,19+,20+,23-,26+;/m1./s1. The van der Waals surface area contributed by atoms with E-state index in [0.29, 0.717) is 31.5 Å². The molecule has 1 saturated heterocycles. The summed E-state index contributed by atoms with van der Waals surface area (Å²) in [6, 6.07) is 3.92. The predicted octanol–water partition coefficient (Wildman–Crippen LogP) is 5.11. The Morgan fingerprint density at radius 2 is 1.71 bits per heavy atom. The van der Waals surface area contributed by atoms with Crippen molar-refractivity contribution < 1.29 is 43.5 Å². The number of ether oxygens (including phenoxy) is 1. The molecular weight excluding hydrogens is 603 g/mol. The Labute approximate surface area is 243 Å². The van der Waals surface area contributed by atoms with Gasteiger partial charge in [-0.25, -0.2) is 30.3 Å². The molecule has 2 fully saturated rings. The van der Waals surface area contributed by atoms with Crippen molar-refractivity contribution in [2.75, 3.05) is 27.2 Å². The van der Waals surface area contributed by atoms with Crippen molar-refractivity contribution in [3.8, 4) is 5.75 Å². The highest BCUT2D eigenvalue weighted by Crippen LogP contribution is 2.59. The maximum absolute atomic E-state index is 15.6. The number of hydrogen-bond acceptors (Lipinski definition) is 6. The van der Waals surface area contributed by atoms with Crippen molar-refractivity contribution in [1.29, 1.82) is 0 Å². The largest absolute Gasteiger partial charge is 0.490 e. The number of sulfone groups is 1. The first-order valence-electron chi connectivity index (χ1n) is 13.3. The van der Waals surface area contributed by atoms with E-state index in [1.54, 1.807) is 0 Å². The second kappa shape index (κ2) is 11.3. The maximum Gasteiger partial charge on any atom is 0.416 e. The molecule has 234 valence electrons. The van der Waals surface area contributed by atoms with Crippen molar-refractivity contribution in [2.24, 2.45) is 11.8 Å². The summed E-state index contributed by atoms with van der Waals surface area (Å²) in [6.45, 7) is 0.303. The molecule has 0 radical (unpaired) electrons. The van der Waals surface area contributed by atoms with Crippen LogP contribution >= 0.6 is 0 Å². The molecule has 3 aliphatic rings. The summed E-state index contributed by atoms with van der Waals surface area (Å²) in [6.07, 6.45) is -4.04. The van der Waals surface area contributed by atoms with Gasteiger partial charge in [0.15, 0.2) is 21.4 Å². The second-order valence-corrected chi connectivity index (χ2v) is 15.5. The first-order chi connectivity index (χ1) is 19.1. The summed E-state index contributed by atoms with van der Waals surface area (Å²) in [4.78, 5) is 1.45. The molecule has 0 bridgehead atoms. The molecule has 1 N–H and O–H groups in total. The quantitative estimate of drug-likeness (QED) is 0.443. The monoisotopic (exact) mass is 638 g/mol. The van der Waals surface area contributed by atoms with Crippen LogP contribution in [0.5, 0.6) is 5.75 Å². The number of benzene rings is 2. The lowest BCUT2D eigenvalue weighted by atomic mass is 9.64. The minimum absolute atomic E-state index is 0. The van der Waals surface area contributed by atoms with Gasteiger partial charge < -0.3 is 9.64 Å². The highest BCUT2D eigenvalue weighted by Gasteiger charge is 2.64. The van der Waals surface area contributed by atoms with E-state index in [9.17, 15) is 34.4 Å². The first kappa shape index (κ1) is 32.6. The van der Waals surface area contributed by atoms with Crippen molar-refractivity contribution >= 4 is 19.9 Å². The van der Waals surface area contributed by atoms with E-state index in [4.69, 9.17) is 4.74 Å². The number of hydrogen-bond donors (Lipinski definition) is 1. The van der Waals surface area contributed by atoms with E-state index in [0.717, 1.165) is 24.3 Å². The fourth-order valence-electron chi connectivity index (χ4n) is 6.83. The molecule has 14 heteroatoms. The maximum atomic E-state index is 15.6. The Morgan fingerprint density at radius 3 is 2.33 bits per heavy atom. The molecule has 2 aromatic carbocycles. The molecule has 0 unspecified atom stereocenters. The van der Waals surface area contributed by atoms with E-state index in [1.807, 2.05) is 19.0 Å². The average Bonchev–Trinajstić information content (AvgIpc) is 2.89. The van der Waals surface area contributed by atoms with Crippen molar-refractivity contribution in [2.45, 2.75) is 66.6 Å². The number of nitrogens with one attached hydrogen (secondary N) is 1. The highest BCUT2D eigenvalue weighted by atomic mass is 32.2. The van der Waals surface area contributed by atoms with Gasteiger partial charge in [-0.15, -0.1) is 0 Å². The number of alkyl halides is 3.